The van der Waals surface area contributed by atoms with Crippen molar-refractivity contribution in [3.63, 3.8) is 0 Å². The maximum Gasteiger partial charge on any atom is 0.308 e. The SMILES string of the molecule is CC1C(C(=O)O)CCN1C(=O)c1n[nH]c(C(C)(C)C)n1. The van der Waals surface area contributed by atoms with E-state index in [9.17, 15) is 9.59 Å². The molecule has 0 aromatic carbocycles. The molecule has 1 amide bonds. The second kappa shape index (κ2) is 4.88. The molecule has 1 aromatic rings. The zero-order valence-corrected chi connectivity index (χ0v) is 12.2. The van der Waals surface area contributed by atoms with E-state index in [2.05, 4.69) is 15.2 Å². The van der Waals surface area contributed by atoms with Crippen LogP contribution >= 0.6 is 0 Å². The summed E-state index contributed by atoms with van der Waals surface area (Å²) in [5.74, 6) is -0.943. The Balaban J connectivity index is 2.17. The van der Waals surface area contributed by atoms with E-state index in [4.69, 9.17) is 5.11 Å². The molecular formula is C13H20N4O3. The largest absolute Gasteiger partial charge is 0.481 e. The van der Waals surface area contributed by atoms with Gasteiger partial charge in [-0.1, -0.05) is 20.8 Å². The predicted molar refractivity (Wildman–Crippen MR) is 71.3 cm³/mol. The molecule has 0 bridgehead atoms. The smallest absolute Gasteiger partial charge is 0.308 e. The number of aromatic nitrogens is 3. The maximum atomic E-state index is 12.4. The van der Waals surface area contributed by atoms with Gasteiger partial charge in [-0.25, -0.2) is 4.98 Å². The van der Waals surface area contributed by atoms with Crippen molar-refractivity contribution < 1.29 is 14.7 Å². The van der Waals surface area contributed by atoms with Gasteiger partial charge in [0.05, 0.1) is 5.92 Å². The Labute approximate surface area is 117 Å². The number of carboxylic acid groups (broad SMARTS) is 1. The highest BCUT2D eigenvalue weighted by atomic mass is 16.4. The third kappa shape index (κ3) is 2.52. The highest BCUT2D eigenvalue weighted by Gasteiger charge is 2.39. The summed E-state index contributed by atoms with van der Waals surface area (Å²) in [7, 11) is 0. The van der Waals surface area contributed by atoms with Crippen LogP contribution in [0.4, 0.5) is 0 Å². The van der Waals surface area contributed by atoms with Crippen LogP contribution in [0.3, 0.4) is 0 Å². The molecule has 0 spiro atoms. The van der Waals surface area contributed by atoms with E-state index in [1.54, 1.807) is 6.92 Å². The normalized spacial score (nSPS) is 23.1. The fourth-order valence-electron chi connectivity index (χ4n) is 2.38. The van der Waals surface area contributed by atoms with E-state index < -0.39 is 11.9 Å². The fraction of sp³-hybridized carbons (Fsp3) is 0.692. The summed E-state index contributed by atoms with van der Waals surface area (Å²) >= 11 is 0. The van der Waals surface area contributed by atoms with Crippen LogP contribution in [-0.4, -0.2) is 49.7 Å². The highest BCUT2D eigenvalue weighted by molar-refractivity contribution is 5.91. The van der Waals surface area contributed by atoms with E-state index in [1.165, 1.54) is 4.90 Å². The lowest BCUT2D eigenvalue weighted by Gasteiger charge is -2.21. The number of rotatable bonds is 2. The number of nitrogens with one attached hydrogen (secondary N) is 1. The average molecular weight is 280 g/mol. The first kappa shape index (κ1) is 14.5. The average Bonchev–Trinajstić information content (AvgIpc) is 2.93. The van der Waals surface area contributed by atoms with Gasteiger partial charge in [-0.2, -0.15) is 0 Å². The summed E-state index contributed by atoms with van der Waals surface area (Å²) in [6, 6.07) is -0.336. The van der Waals surface area contributed by atoms with Gasteiger partial charge in [-0.05, 0) is 13.3 Å². The van der Waals surface area contributed by atoms with Gasteiger partial charge in [-0.15, -0.1) is 5.10 Å². The van der Waals surface area contributed by atoms with Gasteiger partial charge in [0.25, 0.3) is 5.91 Å². The van der Waals surface area contributed by atoms with E-state index in [-0.39, 0.29) is 23.2 Å². The molecule has 2 rings (SSSR count). The number of amides is 1. The van der Waals surface area contributed by atoms with Gasteiger partial charge in [0.15, 0.2) is 0 Å². The Kier molecular flexibility index (Phi) is 3.54. The molecule has 2 heterocycles. The number of aliphatic carboxylic acids is 1. The number of hydrogen-bond acceptors (Lipinski definition) is 4. The third-order valence-electron chi connectivity index (χ3n) is 3.72. The molecule has 110 valence electrons. The van der Waals surface area contributed by atoms with Crippen LogP contribution in [0.15, 0.2) is 0 Å². The van der Waals surface area contributed by atoms with Crippen LogP contribution in [0, 0.1) is 5.92 Å². The van der Waals surface area contributed by atoms with Crippen LogP contribution in [0.5, 0.6) is 0 Å². The minimum absolute atomic E-state index is 0.104. The Morgan fingerprint density at radius 3 is 2.50 bits per heavy atom. The molecule has 1 fully saturated rings. The van der Waals surface area contributed by atoms with Crippen molar-refractivity contribution in [3.8, 4) is 0 Å². The Bertz CT molecular complexity index is 532. The van der Waals surface area contributed by atoms with Crippen molar-refractivity contribution in [2.45, 2.75) is 45.6 Å². The van der Waals surface area contributed by atoms with E-state index in [1.807, 2.05) is 20.8 Å². The number of carboxylic acids is 1. The van der Waals surface area contributed by atoms with Crippen LogP contribution in [0.1, 0.15) is 50.6 Å². The van der Waals surface area contributed by atoms with E-state index in [0.717, 1.165) is 0 Å². The standard InChI is InChI=1S/C13H20N4O3/c1-7-8(11(19)20)5-6-17(7)10(18)9-14-12(16-15-9)13(2,3)4/h7-8H,5-6H2,1-4H3,(H,19,20)(H,14,15,16). The number of carbonyl (C=O) groups is 2. The van der Waals surface area contributed by atoms with Crippen molar-refractivity contribution in [1.82, 2.24) is 20.1 Å². The van der Waals surface area contributed by atoms with Crippen molar-refractivity contribution in [1.29, 1.82) is 0 Å². The molecule has 1 saturated heterocycles. The lowest BCUT2D eigenvalue weighted by atomic mass is 9.96. The van der Waals surface area contributed by atoms with E-state index in [0.29, 0.717) is 18.8 Å². The van der Waals surface area contributed by atoms with Gasteiger partial charge in [0, 0.05) is 18.0 Å². The number of H-pyrrole nitrogens is 1. The summed E-state index contributed by atoms with van der Waals surface area (Å²) in [5, 5.41) is 15.8. The second-order valence-electron chi connectivity index (χ2n) is 6.23. The molecule has 0 aliphatic carbocycles. The third-order valence-corrected chi connectivity index (χ3v) is 3.72. The van der Waals surface area contributed by atoms with Gasteiger partial charge in [-0.3, -0.25) is 14.7 Å². The molecule has 1 aliphatic heterocycles. The maximum absolute atomic E-state index is 12.4. The van der Waals surface area contributed by atoms with E-state index >= 15 is 0 Å². The van der Waals surface area contributed by atoms with Crippen LogP contribution in [0.25, 0.3) is 0 Å². The summed E-state index contributed by atoms with van der Waals surface area (Å²) in [4.78, 5) is 29.2. The molecule has 20 heavy (non-hydrogen) atoms. The van der Waals surface area contributed by atoms with Crippen molar-refractivity contribution in [2.75, 3.05) is 6.54 Å². The first-order valence-electron chi connectivity index (χ1n) is 6.68. The molecular weight excluding hydrogens is 260 g/mol. The minimum Gasteiger partial charge on any atom is -0.481 e. The summed E-state index contributed by atoms with van der Waals surface area (Å²) < 4.78 is 0. The molecule has 2 atom stereocenters. The number of hydrogen-bond donors (Lipinski definition) is 2. The van der Waals surface area contributed by atoms with Crippen LogP contribution < -0.4 is 0 Å². The number of likely N-dealkylation sites (tertiary alicyclic amines) is 1. The minimum atomic E-state index is -0.863. The van der Waals surface area contributed by atoms with Crippen LogP contribution in [0.2, 0.25) is 0 Å². The summed E-state index contributed by atoms with van der Waals surface area (Å²) in [5.41, 5.74) is -0.217. The molecule has 2 unspecified atom stereocenters. The van der Waals surface area contributed by atoms with Crippen molar-refractivity contribution in [2.24, 2.45) is 5.92 Å². The molecule has 1 aliphatic rings. The molecule has 0 saturated carbocycles. The molecule has 7 nitrogen and oxygen atoms in total. The second-order valence-corrected chi connectivity index (χ2v) is 6.23. The predicted octanol–water partition coefficient (Wildman–Crippen LogP) is 1.04. The first-order valence-corrected chi connectivity index (χ1v) is 6.68. The monoisotopic (exact) mass is 280 g/mol. The quantitative estimate of drug-likeness (QED) is 0.843. The Hall–Kier alpha value is -1.92. The fourth-order valence-corrected chi connectivity index (χ4v) is 2.38. The first-order chi connectivity index (χ1) is 9.21. The Morgan fingerprint density at radius 1 is 1.40 bits per heavy atom. The number of nitrogens with zero attached hydrogens (tertiary/aromatic N) is 3. The van der Waals surface area contributed by atoms with Gasteiger partial charge in [0.1, 0.15) is 5.82 Å². The molecule has 1 aromatic heterocycles. The van der Waals surface area contributed by atoms with Crippen molar-refractivity contribution in [3.05, 3.63) is 11.6 Å². The lowest BCUT2D eigenvalue weighted by Crippen LogP contribution is -2.38. The van der Waals surface area contributed by atoms with Crippen molar-refractivity contribution >= 4 is 11.9 Å². The molecule has 0 radical (unpaired) electrons. The highest BCUT2D eigenvalue weighted by Crippen LogP contribution is 2.26. The van der Waals surface area contributed by atoms with Gasteiger partial charge >= 0.3 is 5.97 Å². The molecule has 7 heteroatoms. The zero-order valence-electron chi connectivity index (χ0n) is 12.2. The lowest BCUT2D eigenvalue weighted by molar-refractivity contribution is -0.142. The number of carbonyl (C=O) groups excluding carboxylic acids is 1. The van der Waals surface area contributed by atoms with Gasteiger partial charge < -0.3 is 10.0 Å². The van der Waals surface area contributed by atoms with Gasteiger partial charge in [0.2, 0.25) is 5.82 Å². The summed E-state index contributed by atoms with van der Waals surface area (Å²) in [6.45, 7) is 8.10. The van der Waals surface area contributed by atoms with Crippen LogP contribution in [-0.2, 0) is 10.2 Å². The number of aromatic amines is 1. The Morgan fingerprint density at radius 2 is 2.05 bits per heavy atom. The summed E-state index contributed by atoms with van der Waals surface area (Å²) in [6.07, 6.45) is 0.471. The topological polar surface area (TPSA) is 99.2 Å². The molecule has 2 N–H and O–H groups in total. The zero-order chi connectivity index (χ0) is 15.1.